The van der Waals surface area contributed by atoms with Crippen molar-refractivity contribution >= 4 is 23.6 Å². The van der Waals surface area contributed by atoms with Crippen molar-refractivity contribution in [2.45, 2.75) is 65.5 Å². The van der Waals surface area contributed by atoms with Crippen molar-refractivity contribution in [3.63, 3.8) is 0 Å². The molecule has 1 heterocycles. The lowest BCUT2D eigenvalue weighted by atomic mass is 9.83. The molecule has 10 heteroatoms. The van der Waals surface area contributed by atoms with Crippen LogP contribution in [-0.4, -0.2) is 69.3 Å². The molecule has 0 aromatic carbocycles. The van der Waals surface area contributed by atoms with E-state index in [4.69, 9.17) is 24.7 Å². The molecule has 0 radical (unpaired) electrons. The first kappa shape index (κ1) is 32.9. The quantitative estimate of drug-likeness (QED) is 0.395. The van der Waals surface area contributed by atoms with Gasteiger partial charge >= 0.3 is 6.09 Å². The third-order valence-electron chi connectivity index (χ3n) is 7.29. The summed E-state index contributed by atoms with van der Waals surface area (Å²) in [7, 11) is 4.64. The van der Waals surface area contributed by atoms with Gasteiger partial charge in [0.05, 0.1) is 24.0 Å². The van der Waals surface area contributed by atoms with Crippen LogP contribution in [0.1, 0.15) is 41.0 Å². The first-order valence-corrected chi connectivity index (χ1v) is 13.3. The molecule has 0 unspecified atom stereocenters. The number of nitrogens with two attached hydrogens (primary N) is 1. The topological polar surface area (TPSA) is 143 Å². The SMILES string of the molecule is CO[C@@H]1[C@H](C)/C=C(\C)[C@H](OC(N)=O)[C@H](C)/C=C\C=C(\C)C(=O)NC2=CC(=O)C=C(C2=O)[C@H](OC)[C@H](C)C[C@@H]1OC. The standard InChI is InChI=1S/C30H42N2O8/c1-16-10-9-11-17(2)29(35)32-23-15-21(33)14-22(25(23)34)27(38-7)20(5)13-24(37-6)28(39-8)19(4)12-18(3)26(16)40-30(31)36/h9-12,14-16,19-20,24,26-28H,13H2,1-8H3,(H2,31,36)(H,32,35)/b10-9-,17-11-,18-12+/t16-,19-,20-,24+,26-,27-,28-/m1/s1. The van der Waals surface area contributed by atoms with Crippen molar-refractivity contribution in [1.82, 2.24) is 5.32 Å². The van der Waals surface area contributed by atoms with Crippen molar-refractivity contribution in [2.24, 2.45) is 23.5 Å². The molecule has 7 atom stereocenters. The summed E-state index contributed by atoms with van der Waals surface area (Å²) in [6, 6.07) is 0. The summed E-state index contributed by atoms with van der Waals surface area (Å²) >= 11 is 0. The Labute approximate surface area is 236 Å². The fourth-order valence-electron chi connectivity index (χ4n) is 5.27. The number of ether oxygens (including phenoxy) is 4. The zero-order chi connectivity index (χ0) is 30.1. The highest BCUT2D eigenvalue weighted by molar-refractivity contribution is 6.22. The largest absolute Gasteiger partial charge is 0.441 e. The Balaban J connectivity index is 2.62. The molecule has 0 fully saturated rings. The number of amides is 2. The highest BCUT2D eigenvalue weighted by Crippen LogP contribution is 2.30. The van der Waals surface area contributed by atoms with Gasteiger partial charge in [-0.15, -0.1) is 0 Å². The minimum atomic E-state index is -0.902. The van der Waals surface area contributed by atoms with Crippen LogP contribution in [0.5, 0.6) is 0 Å². The summed E-state index contributed by atoms with van der Waals surface area (Å²) in [5.41, 5.74) is 6.49. The van der Waals surface area contributed by atoms with Crippen LogP contribution >= 0.6 is 0 Å². The van der Waals surface area contributed by atoms with E-state index in [1.807, 2.05) is 33.8 Å². The molecule has 2 aliphatic rings. The summed E-state index contributed by atoms with van der Waals surface area (Å²) in [5, 5.41) is 2.56. The molecular formula is C30H42N2O8. The first-order valence-electron chi connectivity index (χ1n) is 13.3. The highest BCUT2D eigenvalue weighted by Gasteiger charge is 2.36. The molecule has 40 heavy (non-hydrogen) atoms. The highest BCUT2D eigenvalue weighted by atomic mass is 16.6. The fraction of sp³-hybridized carbons (Fsp3) is 0.533. The lowest BCUT2D eigenvalue weighted by molar-refractivity contribution is -0.120. The minimum absolute atomic E-state index is 0.119. The van der Waals surface area contributed by atoms with Crippen molar-refractivity contribution < 1.29 is 38.1 Å². The number of hydrogen-bond acceptors (Lipinski definition) is 8. The van der Waals surface area contributed by atoms with E-state index in [0.29, 0.717) is 12.0 Å². The van der Waals surface area contributed by atoms with Gasteiger partial charge in [0.25, 0.3) is 5.91 Å². The number of ketones is 2. The molecular weight excluding hydrogens is 516 g/mol. The molecule has 2 rings (SSSR count). The predicted molar refractivity (Wildman–Crippen MR) is 150 cm³/mol. The Hall–Kier alpha value is -3.34. The molecule has 1 aliphatic carbocycles. The van der Waals surface area contributed by atoms with E-state index < -0.39 is 48.0 Å². The monoisotopic (exact) mass is 558 g/mol. The van der Waals surface area contributed by atoms with E-state index in [-0.39, 0.29) is 29.0 Å². The van der Waals surface area contributed by atoms with Crippen molar-refractivity contribution in [1.29, 1.82) is 0 Å². The lowest BCUT2D eigenvalue weighted by Crippen LogP contribution is -2.40. The van der Waals surface area contributed by atoms with Crippen LogP contribution in [0, 0.1) is 17.8 Å². The van der Waals surface area contributed by atoms with Gasteiger partial charge in [-0.3, -0.25) is 14.4 Å². The zero-order valence-corrected chi connectivity index (χ0v) is 24.6. The van der Waals surface area contributed by atoms with Crippen LogP contribution in [0.2, 0.25) is 0 Å². The van der Waals surface area contributed by atoms with Crippen LogP contribution in [0.3, 0.4) is 0 Å². The number of carbonyl (C=O) groups excluding carboxylic acids is 4. The number of allylic oxidation sites excluding steroid dienone is 5. The summed E-state index contributed by atoms with van der Waals surface area (Å²) in [6.45, 7) is 9.17. The smallest absolute Gasteiger partial charge is 0.405 e. The average Bonchev–Trinajstić information content (AvgIpc) is 2.88. The molecule has 1 aliphatic heterocycles. The maximum absolute atomic E-state index is 13.4. The number of carbonyl (C=O) groups is 4. The van der Waals surface area contributed by atoms with E-state index in [0.717, 1.165) is 11.6 Å². The first-order chi connectivity index (χ1) is 18.8. The van der Waals surface area contributed by atoms with Gasteiger partial charge in [-0.05, 0) is 37.8 Å². The van der Waals surface area contributed by atoms with Gasteiger partial charge in [0.2, 0.25) is 5.78 Å². The van der Waals surface area contributed by atoms with Crippen LogP contribution in [0.15, 0.2) is 58.9 Å². The lowest BCUT2D eigenvalue weighted by Gasteiger charge is -2.34. The molecule has 220 valence electrons. The number of fused-ring (bicyclic) bond motifs is 2. The van der Waals surface area contributed by atoms with E-state index in [1.54, 1.807) is 39.4 Å². The van der Waals surface area contributed by atoms with Gasteiger partial charge in [0.15, 0.2) is 5.78 Å². The second-order valence-electron chi connectivity index (χ2n) is 10.4. The van der Waals surface area contributed by atoms with E-state index in [2.05, 4.69) is 5.32 Å². The Morgan fingerprint density at radius 3 is 2.20 bits per heavy atom. The molecule has 0 saturated heterocycles. The average molecular weight is 559 g/mol. The molecule has 10 nitrogen and oxygen atoms in total. The number of methoxy groups -OCH3 is 3. The molecule has 0 aromatic rings. The zero-order valence-electron chi connectivity index (χ0n) is 24.6. The minimum Gasteiger partial charge on any atom is -0.441 e. The van der Waals surface area contributed by atoms with Crippen molar-refractivity contribution in [2.75, 3.05) is 21.3 Å². The van der Waals surface area contributed by atoms with Crippen LogP contribution in [0.4, 0.5) is 4.79 Å². The Kier molecular flexibility index (Phi) is 12.2. The summed E-state index contributed by atoms with van der Waals surface area (Å²) in [4.78, 5) is 50.5. The van der Waals surface area contributed by atoms with Crippen LogP contribution in [0.25, 0.3) is 0 Å². The maximum atomic E-state index is 13.4. The number of Topliss-reactive ketones (excluding diaryl/α,β-unsaturated/α-hetero) is 1. The second-order valence-corrected chi connectivity index (χ2v) is 10.4. The van der Waals surface area contributed by atoms with Gasteiger partial charge in [-0.2, -0.15) is 0 Å². The maximum Gasteiger partial charge on any atom is 0.405 e. The molecule has 2 amide bonds. The number of rotatable bonds is 4. The Bertz CT molecular complexity index is 1130. The summed E-state index contributed by atoms with van der Waals surface area (Å²) in [5.74, 6) is -2.19. The van der Waals surface area contributed by atoms with Gasteiger partial charge < -0.3 is 30.0 Å². The van der Waals surface area contributed by atoms with Crippen molar-refractivity contribution in [3.05, 3.63) is 58.9 Å². The third-order valence-corrected chi connectivity index (χ3v) is 7.29. The molecule has 0 aromatic heterocycles. The Morgan fingerprint density at radius 2 is 1.62 bits per heavy atom. The Morgan fingerprint density at radius 1 is 0.950 bits per heavy atom. The van der Waals surface area contributed by atoms with E-state index >= 15 is 0 Å². The fourth-order valence-corrected chi connectivity index (χ4v) is 5.27. The number of primary amides is 1. The molecule has 3 N–H and O–H groups in total. The molecule has 0 saturated carbocycles. The van der Waals surface area contributed by atoms with E-state index in [9.17, 15) is 19.2 Å². The van der Waals surface area contributed by atoms with Crippen LogP contribution < -0.4 is 11.1 Å². The van der Waals surface area contributed by atoms with Crippen LogP contribution in [-0.2, 0) is 33.3 Å². The van der Waals surface area contributed by atoms with Gasteiger partial charge in [0, 0.05) is 50.4 Å². The molecule has 2 bridgehead atoms. The summed E-state index contributed by atoms with van der Waals surface area (Å²) < 4.78 is 22.9. The second kappa shape index (κ2) is 14.9. The predicted octanol–water partition coefficient (Wildman–Crippen LogP) is 3.33. The van der Waals surface area contributed by atoms with Gasteiger partial charge in [-0.25, -0.2) is 4.79 Å². The molecule has 0 spiro atoms. The summed E-state index contributed by atoms with van der Waals surface area (Å²) in [6.07, 6.45) is 6.65. The third kappa shape index (κ3) is 8.33. The van der Waals surface area contributed by atoms with Gasteiger partial charge in [0.1, 0.15) is 6.10 Å². The number of nitrogens with one attached hydrogen (secondary N) is 1. The van der Waals surface area contributed by atoms with E-state index in [1.165, 1.54) is 13.2 Å². The van der Waals surface area contributed by atoms with Crippen molar-refractivity contribution in [3.8, 4) is 0 Å². The normalized spacial score (nSPS) is 34.4. The number of hydrogen-bond donors (Lipinski definition) is 2. The van der Waals surface area contributed by atoms with Gasteiger partial charge in [-0.1, -0.05) is 45.1 Å².